The van der Waals surface area contributed by atoms with Crippen molar-refractivity contribution in [2.45, 2.75) is 12.1 Å². The molecule has 0 aromatic heterocycles. The molecule has 1 rings (SSSR count). The second-order valence-corrected chi connectivity index (χ2v) is 3.69. The van der Waals surface area contributed by atoms with Crippen molar-refractivity contribution in [3.05, 3.63) is 45.8 Å². The number of alkyl halides is 1. The highest BCUT2D eigenvalue weighted by Crippen LogP contribution is 2.24. The Balaban J connectivity index is 3.02. The molecule has 1 aromatic carbocycles. The van der Waals surface area contributed by atoms with Crippen LogP contribution in [0.15, 0.2) is 34.5 Å². The second-order valence-electron chi connectivity index (χ2n) is 3.69. The van der Waals surface area contributed by atoms with Crippen LogP contribution in [0.5, 0.6) is 0 Å². The van der Waals surface area contributed by atoms with Gasteiger partial charge in [-0.3, -0.25) is 4.39 Å². The van der Waals surface area contributed by atoms with Gasteiger partial charge in [0, 0.05) is 17.6 Å². The van der Waals surface area contributed by atoms with E-state index in [1.807, 2.05) is 0 Å². The molecule has 0 saturated heterocycles. The number of rotatable bonds is 6. The van der Waals surface area contributed by atoms with Gasteiger partial charge >= 0.3 is 0 Å². The van der Waals surface area contributed by atoms with Gasteiger partial charge in [-0.25, -0.2) is 0 Å². The number of nitrogens with zero attached hydrogens (tertiary/aromatic N) is 4. The Labute approximate surface area is 109 Å². The van der Waals surface area contributed by atoms with Crippen LogP contribution < -0.4 is 5.73 Å². The van der Waals surface area contributed by atoms with Crippen LogP contribution in [0.3, 0.4) is 0 Å². The van der Waals surface area contributed by atoms with E-state index in [-0.39, 0.29) is 5.84 Å². The number of hydrogen-bond acceptors (Lipinski definition) is 4. The van der Waals surface area contributed by atoms with E-state index in [4.69, 9.17) is 21.2 Å². The van der Waals surface area contributed by atoms with Crippen LogP contribution in [0.1, 0.15) is 17.2 Å². The minimum atomic E-state index is -0.940. The Morgan fingerprint density at radius 1 is 1.53 bits per heavy atom. The summed E-state index contributed by atoms with van der Waals surface area (Å²) in [5.74, 6) is -0.0300. The van der Waals surface area contributed by atoms with Gasteiger partial charge in [0.1, 0.15) is 6.67 Å². The number of benzene rings is 1. The lowest BCUT2D eigenvalue weighted by Crippen LogP contribution is -2.20. The number of halogens is 1. The van der Waals surface area contributed by atoms with Gasteiger partial charge in [-0.2, -0.15) is 0 Å². The first-order chi connectivity index (χ1) is 9.17. The van der Waals surface area contributed by atoms with E-state index < -0.39 is 18.8 Å². The Morgan fingerprint density at radius 2 is 2.16 bits per heavy atom. The van der Waals surface area contributed by atoms with Crippen LogP contribution in [0.25, 0.3) is 10.4 Å². The summed E-state index contributed by atoms with van der Waals surface area (Å²) in [6, 6.07) is 5.53. The molecule has 102 valence electrons. The molecule has 2 atom stereocenters. The molecule has 0 aliphatic rings. The van der Waals surface area contributed by atoms with Crippen LogP contribution in [-0.2, 0) is 4.74 Å². The first-order valence-corrected chi connectivity index (χ1v) is 5.38. The van der Waals surface area contributed by atoms with E-state index >= 15 is 0 Å². The molecule has 0 spiro atoms. The smallest absolute Gasteiger partial charge is 0.170 e. The molecule has 0 amide bonds. The maximum Gasteiger partial charge on any atom is 0.170 e. The molecular formula is C11H14FN5O2. The molecule has 0 radical (unpaired) electrons. The van der Waals surface area contributed by atoms with Crippen LogP contribution in [0.4, 0.5) is 4.39 Å². The Hall–Kier alpha value is -2.31. The van der Waals surface area contributed by atoms with Crippen LogP contribution in [0.2, 0.25) is 0 Å². The van der Waals surface area contributed by atoms with Crippen LogP contribution in [0, 0.1) is 0 Å². The fourth-order valence-corrected chi connectivity index (χ4v) is 1.66. The standard InChI is InChI=1S/C11H14FN5O2/c1-19-10(9(6-12)15-17-14)7-2-4-8(5-3-7)11(13)16-18/h2-5,9-10,18H,6H2,1H3,(H2,13,16)/t9-,10-/m1/s1. The zero-order valence-electron chi connectivity index (χ0n) is 10.3. The molecule has 0 unspecified atom stereocenters. The second kappa shape index (κ2) is 7.20. The monoisotopic (exact) mass is 267 g/mol. The number of amidine groups is 1. The van der Waals surface area contributed by atoms with Crippen LogP contribution in [-0.4, -0.2) is 30.9 Å². The molecule has 8 heteroatoms. The number of oxime groups is 1. The van der Waals surface area contributed by atoms with Gasteiger partial charge in [-0.15, -0.1) is 0 Å². The van der Waals surface area contributed by atoms with Gasteiger partial charge in [0.25, 0.3) is 0 Å². The van der Waals surface area contributed by atoms with Gasteiger partial charge in [0.2, 0.25) is 0 Å². The zero-order valence-corrected chi connectivity index (χ0v) is 10.3. The maximum absolute atomic E-state index is 12.8. The summed E-state index contributed by atoms with van der Waals surface area (Å²) in [6.45, 7) is -0.829. The lowest BCUT2D eigenvalue weighted by molar-refractivity contribution is 0.0722. The number of nitrogens with two attached hydrogens (primary N) is 1. The molecule has 1 aromatic rings. The van der Waals surface area contributed by atoms with Crippen molar-refractivity contribution in [3.63, 3.8) is 0 Å². The van der Waals surface area contributed by atoms with Gasteiger partial charge in [0.05, 0.1) is 12.1 Å². The maximum atomic E-state index is 12.8. The van der Waals surface area contributed by atoms with Crippen molar-refractivity contribution in [2.75, 3.05) is 13.8 Å². The highest BCUT2D eigenvalue weighted by atomic mass is 19.1. The zero-order chi connectivity index (χ0) is 14.3. The molecule has 0 saturated carbocycles. The predicted octanol–water partition coefficient (Wildman–Crippen LogP) is 2.12. The summed E-state index contributed by atoms with van der Waals surface area (Å²) in [6.07, 6.45) is -0.692. The summed E-state index contributed by atoms with van der Waals surface area (Å²) in [7, 11) is 1.40. The van der Waals surface area contributed by atoms with Crippen molar-refractivity contribution in [1.29, 1.82) is 0 Å². The minimum Gasteiger partial charge on any atom is -0.409 e. The number of methoxy groups -OCH3 is 1. The normalized spacial score (nSPS) is 14.5. The van der Waals surface area contributed by atoms with Crippen molar-refractivity contribution in [2.24, 2.45) is 16.0 Å². The third kappa shape index (κ3) is 3.57. The van der Waals surface area contributed by atoms with Gasteiger partial charge in [-0.05, 0) is 11.1 Å². The van der Waals surface area contributed by atoms with E-state index in [2.05, 4.69) is 15.2 Å². The van der Waals surface area contributed by atoms with E-state index in [9.17, 15) is 4.39 Å². The van der Waals surface area contributed by atoms with E-state index in [0.717, 1.165) is 0 Å². The SMILES string of the molecule is CO[C@H](c1ccc(/C(N)=N/O)cc1)[C@@H](CF)N=[N+]=[N-]. The third-order valence-electron chi connectivity index (χ3n) is 2.60. The number of ether oxygens (including phenoxy) is 1. The first kappa shape index (κ1) is 14.7. The minimum absolute atomic E-state index is 0.0300. The van der Waals surface area contributed by atoms with E-state index in [1.54, 1.807) is 24.3 Å². The van der Waals surface area contributed by atoms with E-state index in [0.29, 0.717) is 11.1 Å². The molecule has 0 heterocycles. The Kier molecular flexibility index (Phi) is 5.59. The fraction of sp³-hybridized carbons (Fsp3) is 0.364. The molecule has 7 nitrogen and oxygen atoms in total. The molecule has 19 heavy (non-hydrogen) atoms. The van der Waals surface area contributed by atoms with Crippen molar-refractivity contribution < 1.29 is 14.3 Å². The molecule has 0 aliphatic heterocycles. The molecule has 0 aliphatic carbocycles. The van der Waals surface area contributed by atoms with Gasteiger partial charge < -0.3 is 15.7 Å². The summed E-state index contributed by atoms with van der Waals surface area (Å²) >= 11 is 0. The third-order valence-corrected chi connectivity index (χ3v) is 2.60. The molecular weight excluding hydrogens is 253 g/mol. The quantitative estimate of drug-likeness (QED) is 0.156. The van der Waals surface area contributed by atoms with Crippen molar-refractivity contribution in [3.8, 4) is 0 Å². The van der Waals surface area contributed by atoms with Gasteiger partial charge in [0.15, 0.2) is 5.84 Å². The molecule has 0 fully saturated rings. The average molecular weight is 267 g/mol. The van der Waals surface area contributed by atoms with Crippen LogP contribution >= 0.6 is 0 Å². The summed E-state index contributed by atoms with van der Waals surface area (Å²) in [5.41, 5.74) is 15.0. The Bertz CT molecular complexity index is 484. The highest BCUT2D eigenvalue weighted by Gasteiger charge is 2.22. The molecule has 0 bridgehead atoms. The number of azide groups is 1. The lowest BCUT2D eigenvalue weighted by atomic mass is 10.0. The lowest BCUT2D eigenvalue weighted by Gasteiger charge is -2.20. The van der Waals surface area contributed by atoms with Crippen molar-refractivity contribution in [1.82, 2.24) is 0 Å². The van der Waals surface area contributed by atoms with Crippen molar-refractivity contribution >= 4 is 5.84 Å². The summed E-state index contributed by atoms with van der Waals surface area (Å²) in [4.78, 5) is 2.59. The number of hydrogen-bond donors (Lipinski definition) is 2. The summed E-state index contributed by atoms with van der Waals surface area (Å²) in [5, 5.41) is 14.8. The highest BCUT2D eigenvalue weighted by molar-refractivity contribution is 5.96. The first-order valence-electron chi connectivity index (χ1n) is 5.38. The summed E-state index contributed by atoms with van der Waals surface area (Å²) < 4.78 is 18.0. The largest absolute Gasteiger partial charge is 0.409 e. The topological polar surface area (TPSA) is 117 Å². The molecule has 3 N–H and O–H groups in total. The fourth-order valence-electron chi connectivity index (χ4n) is 1.66. The average Bonchev–Trinajstić information content (AvgIpc) is 2.46. The van der Waals surface area contributed by atoms with E-state index in [1.165, 1.54) is 7.11 Å². The predicted molar refractivity (Wildman–Crippen MR) is 67.6 cm³/mol. The van der Waals surface area contributed by atoms with Gasteiger partial charge in [-0.1, -0.05) is 34.5 Å². The Morgan fingerprint density at radius 3 is 2.58 bits per heavy atom.